The highest BCUT2D eigenvalue weighted by atomic mass is 19.4. The second-order valence-electron chi connectivity index (χ2n) is 7.37. The van der Waals surface area contributed by atoms with Crippen LogP contribution in [0, 0.1) is 0 Å². The van der Waals surface area contributed by atoms with Crippen LogP contribution in [0.1, 0.15) is 16.7 Å². The fraction of sp³-hybridized carbons (Fsp3) is 0.0833. The number of hydrogen-bond acceptors (Lipinski definition) is 4. The number of aliphatic carboxylic acids is 1. The van der Waals surface area contributed by atoms with Crippen molar-refractivity contribution < 1.29 is 36.2 Å². The quantitative estimate of drug-likeness (QED) is 0.261. The number of carboxylic acid groups (broad SMARTS) is 1. The number of benzene rings is 2. The SMILES string of the molecule is O=C(O)/C(=C/n1nc(-c2ccccc2C(F)(F)F)nc1-c1ccccc1C(F)(F)F)c1ccncc1. The lowest BCUT2D eigenvalue weighted by atomic mass is 10.1. The molecular weight excluding hydrogens is 490 g/mol. The average molecular weight is 504 g/mol. The molecule has 0 radical (unpaired) electrons. The van der Waals surface area contributed by atoms with Gasteiger partial charge in [0.25, 0.3) is 0 Å². The Balaban J connectivity index is 2.02. The maximum Gasteiger partial charge on any atom is 0.417 e. The van der Waals surface area contributed by atoms with Gasteiger partial charge in [-0.05, 0) is 29.8 Å². The normalized spacial score (nSPS) is 12.6. The highest BCUT2D eigenvalue weighted by Gasteiger charge is 2.37. The predicted molar refractivity (Wildman–Crippen MR) is 117 cm³/mol. The van der Waals surface area contributed by atoms with E-state index in [-0.39, 0.29) is 5.56 Å². The molecule has 0 unspecified atom stereocenters. The Morgan fingerprint density at radius 1 is 0.806 bits per heavy atom. The Morgan fingerprint density at radius 2 is 1.33 bits per heavy atom. The second kappa shape index (κ2) is 9.29. The van der Waals surface area contributed by atoms with Crippen molar-refractivity contribution in [3.63, 3.8) is 0 Å². The number of pyridine rings is 1. The van der Waals surface area contributed by atoms with Crippen molar-refractivity contribution in [3.8, 4) is 22.8 Å². The number of alkyl halides is 6. The number of carboxylic acids is 1. The van der Waals surface area contributed by atoms with E-state index in [1.807, 2.05) is 0 Å². The monoisotopic (exact) mass is 504 g/mol. The lowest BCUT2D eigenvalue weighted by Gasteiger charge is -2.12. The molecule has 0 spiro atoms. The van der Waals surface area contributed by atoms with E-state index in [2.05, 4.69) is 15.1 Å². The number of carbonyl (C=O) groups is 1. The van der Waals surface area contributed by atoms with Crippen LogP contribution in [0.25, 0.3) is 34.5 Å². The van der Waals surface area contributed by atoms with E-state index in [0.717, 1.165) is 47.3 Å². The molecule has 0 amide bonds. The molecule has 184 valence electrons. The van der Waals surface area contributed by atoms with E-state index in [1.165, 1.54) is 36.7 Å². The summed E-state index contributed by atoms with van der Waals surface area (Å²) in [5.74, 6) is -2.49. The van der Waals surface area contributed by atoms with Gasteiger partial charge in [-0.2, -0.15) is 26.3 Å². The van der Waals surface area contributed by atoms with Crippen LogP contribution in [-0.2, 0) is 17.1 Å². The first-order chi connectivity index (χ1) is 17.0. The van der Waals surface area contributed by atoms with Gasteiger partial charge in [0.05, 0.1) is 16.7 Å². The lowest BCUT2D eigenvalue weighted by molar-refractivity contribution is -0.137. The summed E-state index contributed by atoms with van der Waals surface area (Å²) in [6.45, 7) is 0. The molecule has 0 saturated heterocycles. The largest absolute Gasteiger partial charge is 0.478 e. The third-order valence-corrected chi connectivity index (χ3v) is 5.05. The summed E-state index contributed by atoms with van der Waals surface area (Å²) in [5, 5.41) is 13.7. The van der Waals surface area contributed by atoms with Crippen LogP contribution in [0.2, 0.25) is 0 Å². The first-order valence-electron chi connectivity index (χ1n) is 10.1. The zero-order valence-corrected chi connectivity index (χ0v) is 17.9. The minimum absolute atomic E-state index is 0.139. The maximum atomic E-state index is 13.7. The minimum atomic E-state index is -4.83. The van der Waals surface area contributed by atoms with Gasteiger partial charge in [0.2, 0.25) is 0 Å². The molecule has 2 aromatic carbocycles. The van der Waals surface area contributed by atoms with Crippen molar-refractivity contribution in [1.29, 1.82) is 0 Å². The molecule has 0 aliphatic heterocycles. The van der Waals surface area contributed by atoms with E-state index < -0.39 is 57.8 Å². The number of rotatable bonds is 5. The Hall–Kier alpha value is -4.48. The summed E-state index contributed by atoms with van der Waals surface area (Å²) in [6.07, 6.45) is -6.13. The summed E-state index contributed by atoms with van der Waals surface area (Å²) in [7, 11) is 0. The standard InChI is InChI=1S/C24H14F6N4O2/c25-23(26,27)18-7-3-1-5-15(18)20-32-21(16-6-2-4-8-19(16)24(28,29)30)34(33-20)13-17(22(35)36)14-9-11-31-12-10-14/h1-13H,(H,35,36)/b17-13+. The van der Waals surface area contributed by atoms with Gasteiger partial charge in [-0.3, -0.25) is 4.98 Å². The van der Waals surface area contributed by atoms with Crippen LogP contribution in [0.3, 0.4) is 0 Å². The van der Waals surface area contributed by atoms with Gasteiger partial charge in [-0.1, -0.05) is 36.4 Å². The molecule has 12 heteroatoms. The Kier molecular flexibility index (Phi) is 6.35. The van der Waals surface area contributed by atoms with Crippen LogP contribution in [0.5, 0.6) is 0 Å². The Bertz CT molecular complexity index is 1440. The van der Waals surface area contributed by atoms with E-state index in [9.17, 15) is 36.2 Å². The molecule has 4 rings (SSSR count). The van der Waals surface area contributed by atoms with Gasteiger partial charge >= 0.3 is 18.3 Å². The summed E-state index contributed by atoms with van der Waals surface area (Å²) < 4.78 is 82.8. The highest BCUT2D eigenvalue weighted by Crippen LogP contribution is 2.39. The van der Waals surface area contributed by atoms with Gasteiger partial charge < -0.3 is 5.11 Å². The third kappa shape index (κ3) is 4.97. The molecule has 0 aliphatic carbocycles. The number of hydrogen-bond donors (Lipinski definition) is 1. The molecule has 0 fully saturated rings. The zero-order valence-electron chi connectivity index (χ0n) is 17.9. The summed E-state index contributed by atoms with van der Waals surface area (Å²) in [6, 6.07) is 11.3. The molecule has 0 bridgehead atoms. The van der Waals surface area contributed by atoms with Gasteiger partial charge in [0, 0.05) is 29.7 Å². The first kappa shape index (κ1) is 24.6. The summed E-state index contributed by atoms with van der Waals surface area (Å²) in [4.78, 5) is 19.8. The van der Waals surface area contributed by atoms with Gasteiger partial charge in [0.1, 0.15) is 0 Å². The molecule has 1 N–H and O–H groups in total. The predicted octanol–water partition coefficient (Wildman–Crippen LogP) is 6.13. The molecule has 0 aliphatic rings. The molecular formula is C24H14F6N4O2. The fourth-order valence-corrected chi connectivity index (χ4v) is 3.47. The zero-order chi connectivity index (χ0) is 26.1. The summed E-state index contributed by atoms with van der Waals surface area (Å²) >= 11 is 0. The van der Waals surface area contributed by atoms with Crippen molar-refractivity contribution in [1.82, 2.24) is 19.7 Å². The van der Waals surface area contributed by atoms with Crippen LogP contribution < -0.4 is 0 Å². The second-order valence-corrected chi connectivity index (χ2v) is 7.37. The maximum absolute atomic E-state index is 13.7. The van der Waals surface area contributed by atoms with Crippen molar-refractivity contribution in [2.75, 3.05) is 0 Å². The molecule has 2 heterocycles. The molecule has 0 atom stereocenters. The Morgan fingerprint density at radius 3 is 1.89 bits per heavy atom. The van der Waals surface area contributed by atoms with Crippen LogP contribution in [-0.4, -0.2) is 30.8 Å². The van der Waals surface area contributed by atoms with Crippen LogP contribution in [0.4, 0.5) is 26.3 Å². The minimum Gasteiger partial charge on any atom is -0.478 e. The smallest absolute Gasteiger partial charge is 0.417 e. The average Bonchev–Trinajstić information content (AvgIpc) is 3.25. The lowest BCUT2D eigenvalue weighted by Crippen LogP contribution is -2.09. The number of nitrogens with zero attached hydrogens (tertiary/aromatic N) is 4. The first-order valence-corrected chi connectivity index (χ1v) is 10.1. The molecule has 6 nitrogen and oxygen atoms in total. The van der Waals surface area contributed by atoms with Crippen molar-refractivity contribution in [2.24, 2.45) is 0 Å². The van der Waals surface area contributed by atoms with Crippen molar-refractivity contribution in [3.05, 3.63) is 89.7 Å². The number of aromatic nitrogens is 4. The molecule has 0 saturated carbocycles. The van der Waals surface area contributed by atoms with Gasteiger partial charge in [0.15, 0.2) is 11.6 Å². The van der Waals surface area contributed by atoms with Gasteiger partial charge in [-0.25, -0.2) is 14.5 Å². The number of halogens is 6. The third-order valence-electron chi connectivity index (χ3n) is 5.05. The van der Waals surface area contributed by atoms with E-state index >= 15 is 0 Å². The van der Waals surface area contributed by atoms with E-state index in [0.29, 0.717) is 0 Å². The van der Waals surface area contributed by atoms with Crippen molar-refractivity contribution in [2.45, 2.75) is 12.4 Å². The topological polar surface area (TPSA) is 80.9 Å². The molecule has 4 aromatic rings. The molecule has 2 aromatic heterocycles. The highest BCUT2D eigenvalue weighted by molar-refractivity contribution is 6.19. The molecule has 36 heavy (non-hydrogen) atoms. The Labute approximate surface area is 199 Å². The van der Waals surface area contributed by atoms with Gasteiger partial charge in [-0.15, -0.1) is 5.10 Å². The van der Waals surface area contributed by atoms with Crippen molar-refractivity contribution >= 4 is 17.7 Å². The van der Waals surface area contributed by atoms with E-state index in [1.54, 1.807) is 0 Å². The fourth-order valence-electron chi connectivity index (χ4n) is 3.47. The van der Waals surface area contributed by atoms with E-state index in [4.69, 9.17) is 0 Å². The van der Waals surface area contributed by atoms with Crippen LogP contribution in [0.15, 0.2) is 73.1 Å². The summed E-state index contributed by atoms with van der Waals surface area (Å²) in [5.41, 5.74) is -3.46. The van der Waals surface area contributed by atoms with Crippen LogP contribution >= 0.6 is 0 Å².